The Morgan fingerprint density at radius 2 is 1.91 bits per heavy atom. The first-order chi connectivity index (χ1) is 16.1. The number of rotatable bonds is 8. The van der Waals surface area contributed by atoms with Gasteiger partial charge in [0.25, 0.3) is 0 Å². The standard InChI is InChI=1S/C23H24N6O4/c1-3-33-23(31)18-13-19(29(28-18)16-7-5-4-6-8-16)22(30)24-14-20-25-21(27-26-20)15-9-11-17(32-2)12-10-15/h4-12,19H,3,13-14H2,1-2H3,(H,24,30)(H,25,26,27). The summed E-state index contributed by atoms with van der Waals surface area (Å²) >= 11 is 0. The van der Waals surface area contributed by atoms with Crippen molar-refractivity contribution in [2.24, 2.45) is 5.10 Å². The number of nitrogens with zero attached hydrogens (tertiary/aromatic N) is 4. The second-order valence-electron chi connectivity index (χ2n) is 7.22. The van der Waals surface area contributed by atoms with E-state index >= 15 is 0 Å². The molecule has 1 unspecified atom stereocenters. The number of esters is 1. The molecule has 0 fully saturated rings. The number of anilines is 1. The zero-order valence-corrected chi connectivity index (χ0v) is 18.3. The number of para-hydroxylation sites is 1. The number of carbonyl (C=O) groups is 2. The minimum absolute atomic E-state index is 0.146. The van der Waals surface area contributed by atoms with E-state index in [-0.39, 0.29) is 31.2 Å². The van der Waals surface area contributed by atoms with Crippen LogP contribution in [0.2, 0.25) is 0 Å². The van der Waals surface area contributed by atoms with Gasteiger partial charge >= 0.3 is 5.97 Å². The number of aromatic nitrogens is 3. The Morgan fingerprint density at radius 1 is 1.15 bits per heavy atom. The van der Waals surface area contributed by atoms with Gasteiger partial charge in [-0.05, 0) is 43.3 Å². The Kier molecular flexibility index (Phi) is 6.63. The highest BCUT2D eigenvalue weighted by Gasteiger charge is 2.36. The SMILES string of the molecule is CCOC(=O)C1=NN(c2ccccc2)C(C(=O)NCc2nc(-c3ccc(OC)cc3)n[nH]2)C1. The molecule has 2 aromatic carbocycles. The van der Waals surface area contributed by atoms with E-state index in [4.69, 9.17) is 9.47 Å². The number of hydrazone groups is 1. The highest BCUT2D eigenvalue weighted by Crippen LogP contribution is 2.25. The number of aromatic amines is 1. The van der Waals surface area contributed by atoms with Crippen molar-refractivity contribution >= 4 is 23.3 Å². The lowest BCUT2D eigenvalue weighted by atomic mass is 10.1. The van der Waals surface area contributed by atoms with E-state index in [2.05, 4.69) is 25.6 Å². The first-order valence-corrected chi connectivity index (χ1v) is 10.5. The molecule has 2 heterocycles. The first kappa shape index (κ1) is 22.0. The number of H-pyrrole nitrogens is 1. The number of hydrogen-bond donors (Lipinski definition) is 2. The lowest BCUT2D eigenvalue weighted by Gasteiger charge is -2.22. The molecule has 1 atom stereocenters. The molecule has 0 saturated carbocycles. The number of nitrogens with one attached hydrogen (secondary N) is 2. The third kappa shape index (κ3) is 5.00. The molecular formula is C23H24N6O4. The summed E-state index contributed by atoms with van der Waals surface area (Å²) in [5.41, 5.74) is 1.74. The van der Waals surface area contributed by atoms with Crippen molar-refractivity contribution in [3.8, 4) is 17.1 Å². The van der Waals surface area contributed by atoms with Crippen LogP contribution in [0.5, 0.6) is 5.75 Å². The maximum atomic E-state index is 13.0. The first-order valence-electron chi connectivity index (χ1n) is 10.5. The summed E-state index contributed by atoms with van der Waals surface area (Å²) in [4.78, 5) is 29.7. The van der Waals surface area contributed by atoms with Gasteiger partial charge in [0, 0.05) is 12.0 Å². The summed E-state index contributed by atoms with van der Waals surface area (Å²) in [6, 6.07) is 15.9. The second kappa shape index (κ2) is 9.94. The molecule has 3 aromatic rings. The molecule has 2 N–H and O–H groups in total. The van der Waals surface area contributed by atoms with Gasteiger partial charge in [0.05, 0.1) is 25.9 Å². The average molecular weight is 448 g/mol. The topological polar surface area (TPSA) is 122 Å². The Morgan fingerprint density at radius 3 is 2.61 bits per heavy atom. The Hall–Kier alpha value is -4.21. The third-order valence-corrected chi connectivity index (χ3v) is 5.05. The van der Waals surface area contributed by atoms with Crippen molar-refractivity contribution < 1.29 is 19.1 Å². The summed E-state index contributed by atoms with van der Waals surface area (Å²) < 4.78 is 10.2. The van der Waals surface area contributed by atoms with Gasteiger partial charge in [0.1, 0.15) is 23.3 Å². The third-order valence-electron chi connectivity index (χ3n) is 5.05. The van der Waals surface area contributed by atoms with Gasteiger partial charge < -0.3 is 14.8 Å². The summed E-state index contributed by atoms with van der Waals surface area (Å²) in [7, 11) is 1.60. The molecule has 4 rings (SSSR count). The fourth-order valence-corrected chi connectivity index (χ4v) is 3.40. The van der Waals surface area contributed by atoms with E-state index in [1.807, 2.05) is 54.6 Å². The Balaban J connectivity index is 1.44. The van der Waals surface area contributed by atoms with Crippen molar-refractivity contribution in [2.75, 3.05) is 18.7 Å². The number of methoxy groups -OCH3 is 1. The quantitative estimate of drug-likeness (QED) is 0.507. The number of amides is 1. The van der Waals surface area contributed by atoms with Crippen LogP contribution in [0.4, 0.5) is 5.69 Å². The van der Waals surface area contributed by atoms with Gasteiger partial charge in [-0.3, -0.25) is 14.9 Å². The van der Waals surface area contributed by atoms with Crippen LogP contribution in [0, 0.1) is 0 Å². The van der Waals surface area contributed by atoms with E-state index in [1.54, 1.807) is 19.0 Å². The van der Waals surface area contributed by atoms with E-state index in [0.717, 1.165) is 11.3 Å². The fraction of sp³-hybridized carbons (Fsp3) is 0.261. The van der Waals surface area contributed by atoms with Crippen LogP contribution in [-0.4, -0.2) is 52.5 Å². The molecule has 170 valence electrons. The predicted molar refractivity (Wildman–Crippen MR) is 122 cm³/mol. The summed E-state index contributed by atoms with van der Waals surface area (Å²) in [5, 5.41) is 15.8. The molecule has 10 nitrogen and oxygen atoms in total. The van der Waals surface area contributed by atoms with E-state index in [9.17, 15) is 9.59 Å². The molecule has 0 saturated heterocycles. The normalized spacial score (nSPS) is 15.2. The minimum Gasteiger partial charge on any atom is -0.497 e. The molecule has 33 heavy (non-hydrogen) atoms. The van der Waals surface area contributed by atoms with Crippen LogP contribution >= 0.6 is 0 Å². The largest absolute Gasteiger partial charge is 0.497 e. The van der Waals surface area contributed by atoms with Gasteiger partial charge in [0.2, 0.25) is 5.91 Å². The highest BCUT2D eigenvalue weighted by atomic mass is 16.5. The molecule has 0 bridgehead atoms. The molecule has 10 heteroatoms. The van der Waals surface area contributed by atoms with Crippen molar-refractivity contribution in [1.82, 2.24) is 20.5 Å². The lowest BCUT2D eigenvalue weighted by Crippen LogP contribution is -2.42. The lowest BCUT2D eigenvalue weighted by molar-refractivity contribution is -0.135. The molecule has 1 aromatic heterocycles. The smallest absolute Gasteiger partial charge is 0.354 e. The number of ether oxygens (including phenoxy) is 2. The minimum atomic E-state index is -0.684. The van der Waals surface area contributed by atoms with Crippen LogP contribution in [-0.2, 0) is 20.9 Å². The van der Waals surface area contributed by atoms with Crippen molar-refractivity contribution in [1.29, 1.82) is 0 Å². The van der Waals surface area contributed by atoms with E-state index < -0.39 is 12.0 Å². The molecule has 0 spiro atoms. The number of carbonyl (C=O) groups excluding carboxylic acids is 2. The molecule has 1 aliphatic heterocycles. The maximum absolute atomic E-state index is 13.0. The van der Waals surface area contributed by atoms with Gasteiger partial charge in [-0.1, -0.05) is 18.2 Å². The highest BCUT2D eigenvalue weighted by molar-refractivity contribution is 6.38. The van der Waals surface area contributed by atoms with Crippen LogP contribution in [0.15, 0.2) is 59.7 Å². The zero-order valence-electron chi connectivity index (χ0n) is 18.3. The Labute approximate surface area is 190 Å². The Bertz CT molecular complexity index is 1140. The van der Waals surface area contributed by atoms with Crippen molar-refractivity contribution in [3.63, 3.8) is 0 Å². The number of hydrogen-bond acceptors (Lipinski definition) is 8. The molecule has 1 aliphatic rings. The molecule has 0 radical (unpaired) electrons. The molecule has 0 aliphatic carbocycles. The van der Waals surface area contributed by atoms with Gasteiger partial charge in [-0.25, -0.2) is 9.78 Å². The summed E-state index contributed by atoms with van der Waals surface area (Å²) in [6.45, 7) is 2.11. The summed E-state index contributed by atoms with van der Waals surface area (Å²) in [6.07, 6.45) is 0.146. The van der Waals surface area contributed by atoms with Crippen LogP contribution in [0.3, 0.4) is 0 Å². The van der Waals surface area contributed by atoms with Crippen LogP contribution < -0.4 is 15.1 Å². The van der Waals surface area contributed by atoms with Crippen molar-refractivity contribution in [3.05, 3.63) is 60.4 Å². The fourth-order valence-electron chi connectivity index (χ4n) is 3.40. The zero-order chi connectivity index (χ0) is 23.2. The predicted octanol–water partition coefficient (Wildman–Crippen LogP) is 2.29. The van der Waals surface area contributed by atoms with Gasteiger partial charge in [-0.2, -0.15) is 10.2 Å². The number of benzene rings is 2. The molecular weight excluding hydrogens is 424 g/mol. The maximum Gasteiger partial charge on any atom is 0.354 e. The van der Waals surface area contributed by atoms with E-state index in [0.29, 0.717) is 17.3 Å². The van der Waals surface area contributed by atoms with Crippen LogP contribution in [0.1, 0.15) is 19.2 Å². The van der Waals surface area contributed by atoms with Gasteiger partial charge in [0.15, 0.2) is 5.82 Å². The monoisotopic (exact) mass is 448 g/mol. The average Bonchev–Trinajstić information content (AvgIpc) is 3.51. The molecule has 1 amide bonds. The van der Waals surface area contributed by atoms with Crippen molar-refractivity contribution in [2.45, 2.75) is 25.9 Å². The second-order valence-corrected chi connectivity index (χ2v) is 7.22. The van der Waals surface area contributed by atoms with Crippen LogP contribution in [0.25, 0.3) is 11.4 Å². The van der Waals surface area contributed by atoms with E-state index in [1.165, 1.54) is 0 Å². The summed E-state index contributed by atoms with van der Waals surface area (Å²) in [5.74, 6) is 0.953. The van der Waals surface area contributed by atoms with Gasteiger partial charge in [-0.15, -0.1) is 0 Å².